The Labute approximate surface area is 181 Å². The molecule has 0 fully saturated rings. The molecule has 6 nitrogen and oxygen atoms in total. The molecule has 2 aromatic heterocycles. The van der Waals surface area contributed by atoms with Crippen LogP contribution in [-0.2, 0) is 26.1 Å². The molecule has 3 aromatic rings. The van der Waals surface area contributed by atoms with Gasteiger partial charge in [-0.25, -0.2) is 4.98 Å². The molecule has 0 aliphatic rings. The van der Waals surface area contributed by atoms with E-state index in [1.807, 2.05) is 35.3 Å². The van der Waals surface area contributed by atoms with Crippen LogP contribution in [0, 0.1) is 0 Å². The number of benzene rings is 1. The third-order valence-corrected chi connectivity index (χ3v) is 5.06. The smallest absolute Gasteiger partial charge is 0.191 e. The third kappa shape index (κ3) is 6.62. The van der Waals surface area contributed by atoms with Crippen LogP contribution in [0.15, 0.2) is 53.9 Å². The van der Waals surface area contributed by atoms with Crippen molar-refractivity contribution in [1.29, 1.82) is 0 Å². The second-order valence-corrected chi connectivity index (χ2v) is 7.08. The number of aromatic nitrogens is 3. The lowest BCUT2D eigenvalue weighted by Gasteiger charge is -2.09. The van der Waals surface area contributed by atoms with Gasteiger partial charge in [0.1, 0.15) is 5.01 Å². The van der Waals surface area contributed by atoms with Gasteiger partial charge in [-0.2, -0.15) is 5.10 Å². The standard InChI is InChI=1S/C19H24N6S.HI/c1-3-17-11-21-18(26-17)12-23-19(20-2)22-9-16-10-24-25(14-16)13-15-7-5-4-6-8-15;/h4-8,10-11,14H,3,9,12-13H2,1-2H3,(H2,20,22,23);1H. The van der Waals surface area contributed by atoms with E-state index >= 15 is 0 Å². The number of nitrogens with one attached hydrogen (secondary N) is 2. The molecule has 8 heteroatoms. The van der Waals surface area contributed by atoms with Crippen LogP contribution >= 0.6 is 35.3 Å². The van der Waals surface area contributed by atoms with Gasteiger partial charge in [0.25, 0.3) is 0 Å². The first-order valence-electron chi connectivity index (χ1n) is 8.70. The summed E-state index contributed by atoms with van der Waals surface area (Å²) < 4.78 is 1.95. The Kier molecular flexibility index (Phi) is 8.73. The van der Waals surface area contributed by atoms with Gasteiger partial charge in [-0.15, -0.1) is 35.3 Å². The van der Waals surface area contributed by atoms with Gasteiger partial charge in [-0.3, -0.25) is 9.67 Å². The van der Waals surface area contributed by atoms with Gasteiger partial charge in [-0.1, -0.05) is 37.3 Å². The summed E-state index contributed by atoms with van der Waals surface area (Å²) in [6, 6.07) is 10.3. The lowest BCUT2D eigenvalue weighted by molar-refractivity contribution is 0.685. The predicted molar refractivity (Wildman–Crippen MR) is 122 cm³/mol. The average Bonchev–Trinajstić information content (AvgIpc) is 3.32. The minimum atomic E-state index is 0. The molecule has 0 amide bonds. The molecule has 0 radical (unpaired) electrons. The van der Waals surface area contributed by atoms with Gasteiger partial charge in [0.2, 0.25) is 0 Å². The van der Waals surface area contributed by atoms with Crippen molar-refractivity contribution < 1.29 is 0 Å². The number of nitrogens with zero attached hydrogens (tertiary/aromatic N) is 4. The Morgan fingerprint density at radius 3 is 2.59 bits per heavy atom. The Balaban J connectivity index is 0.00000261. The zero-order chi connectivity index (χ0) is 18.2. The molecule has 0 unspecified atom stereocenters. The first kappa shape index (κ1) is 21.4. The fraction of sp³-hybridized carbons (Fsp3) is 0.316. The van der Waals surface area contributed by atoms with Gasteiger partial charge < -0.3 is 10.6 Å². The van der Waals surface area contributed by atoms with E-state index in [2.05, 4.69) is 51.0 Å². The van der Waals surface area contributed by atoms with Crippen LogP contribution in [0.5, 0.6) is 0 Å². The van der Waals surface area contributed by atoms with Crippen molar-refractivity contribution in [2.24, 2.45) is 4.99 Å². The van der Waals surface area contributed by atoms with Crippen molar-refractivity contribution in [3.05, 3.63) is 69.9 Å². The highest BCUT2D eigenvalue weighted by Crippen LogP contribution is 2.12. The van der Waals surface area contributed by atoms with E-state index in [-0.39, 0.29) is 24.0 Å². The summed E-state index contributed by atoms with van der Waals surface area (Å²) in [5, 5.41) is 12.1. The van der Waals surface area contributed by atoms with E-state index in [0.717, 1.165) is 29.5 Å². The van der Waals surface area contributed by atoms with Crippen LogP contribution in [0.1, 0.15) is 27.9 Å². The molecule has 0 spiro atoms. The van der Waals surface area contributed by atoms with Crippen LogP contribution in [0.3, 0.4) is 0 Å². The van der Waals surface area contributed by atoms with Crippen molar-refractivity contribution in [2.75, 3.05) is 7.05 Å². The summed E-state index contributed by atoms with van der Waals surface area (Å²) in [5.74, 6) is 0.758. The molecule has 0 aliphatic heterocycles. The molecule has 0 saturated carbocycles. The van der Waals surface area contributed by atoms with Crippen molar-refractivity contribution in [3.63, 3.8) is 0 Å². The average molecular weight is 496 g/mol. The predicted octanol–water partition coefficient (Wildman–Crippen LogP) is 3.43. The summed E-state index contributed by atoms with van der Waals surface area (Å²) in [6.45, 7) is 4.27. The molecule has 144 valence electrons. The van der Waals surface area contributed by atoms with Crippen molar-refractivity contribution in [1.82, 2.24) is 25.4 Å². The maximum Gasteiger partial charge on any atom is 0.191 e. The zero-order valence-corrected chi connectivity index (χ0v) is 18.7. The number of aryl methyl sites for hydroxylation is 1. The summed E-state index contributed by atoms with van der Waals surface area (Å²) in [6.07, 6.45) is 6.91. The molecule has 27 heavy (non-hydrogen) atoms. The Bertz CT molecular complexity index is 843. The topological polar surface area (TPSA) is 67.1 Å². The van der Waals surface area contributed by atoms with Crippen LogP contribution in [0.4, 0.5) is 0 Å². The molecular formula is C19H25IN6S. The van der Waals surface area contributed by atoms with E-state index in [4.69, 9.17) is 0 Å². The molecule has 0 aliphatic carbocycles. The maximum absolute atomic E-state index is 4.43. The van der Waals surface area contributed by atoms with Crippen molar-refractivity contribution in [2.45, 2.75) is 33.0 Å². The monoisotopic (exact) mass is 496 g/mol. The number of hydrogen-bond acceptors (Lipinski definition) is 4. The molecule has 0 bridgehead atoms. The molecule has 3 rings (SSSR count). The highest BCUT2D eigenvalue weighted by atomic mass is 127. The molecule has 2 heterocycles. The number of hydrogen-bond donors (Lipinski definition) is 2. The van der Waals surface area contributed by atoms with Crippen molar-refractivity contribution >= 4 is 41.3 Å². The number of aliphatic imine (C=N–C) groups is 1. The normalized spacial score (nSPS) is 11.1. The maximum atomic E-state index is 4.43. The van der Waals surface area contributed by atoms with E-state index < -0.39 is 0 Å². The Hall–Kier alpha value is -1.94. The number of halogens is 1. The Morgan fingerprint density at radius 2 is 1.89 bits per heavy atom. The lowest BCUT2D eigenvalue weighted by atomic mass is 10.2. The summed E-state index contributed by atoms with van der Waals surface area (Å²) >= 11 is 1.73. The third-order valence-electron chi connectivity index (χ3n) is 3.91. The fourth-order valence-corrected chi connectivity index (χ4v) is 3.32. The van der Waals surface area contributed by atoms with E-state index in [9.17, 15) is 0 Å². The highest BCUT2D eigenvalue weighted by Gasteiger charge is 2.04. The lowest BCUT2D eigenvalue weighted by Crippen LogP contribution is -2.36. The minimum Gasteiger partial charge on any atom is -0.352 e. The fourth-order valence-electron chi connectivity index (χ4n) is 2.51. The van der Waals surface area contributed by atoms with Crippen LogP contribution < -0.4 is 10.6 Å². The quantitative estimate of drug-likeness (QED) is 0.299. The Morgan fingerprint density at radius 1 is 1.11 bits per heavy atom. The van der Waals surface area contributed by atoms with Gasteiger partial charge in [0.05, 0.1) is 19.3 Å². The van der Waals surface area contributed by atoms with Crippen LogP contribution in [0.2, 0.25) is 0 Å². The van der Waals surface area contributed by atoms with Gasteiger partial charge in [0.15, 0.2) is 5.96 Å². The molecule has 2 N–H and O–H groups in total. The molecule has 1 aromatic carbocycles. The first-order valence-corrected chi connectivity index (χ1v) is 9.52. The highest BCUT2D eigenvalue weighted by molar-refractivity contribution is 14.0. The number of rotatable bonds is 7. The minimum absolute atomic E-state index is 0. The van der Waals surface area contributed by atoms with Crippen molar-refractivity contribution in [3.8, 4) is 0 Å². The second-order valence-electron chi connectivity index (χ2n) is 5.88. The van der Waals surface area contributed by atoms with Gasteiger partial charge in [-0.05, 0) is 12.0 Å². The van der Waals surface area contributed by atoms with Crippen LogP contribution in [-0.4, -0.2) is 27.8 Å². The molecule has 0 saturated heterocycles. The molecular weight excluding hydrogens is 471 g/mol. The van der Waals surface area contributed by atoms with Gasteiger partial charge in [0, 0.05) is 36.4 Å². The molecule has 0 atom stereocenters. The van der Waals surface area contributed by atoms with Gasteiger partial charge >= 0.3 is 0 Å². The second kappa shape index (κ2) is 11.0. The first-order chi connectivity index (χ1) is 12.8. The van der Waals surface area contributed by atoms with E-state index in [1.54, 1.807) is 18.4 Å². The van der Waals surface area contributed by atoms with E-state index in [1.165, 1.54) is 10.4 Å². The number of thiazole rings is 1. The summed E-state index contributed by atoms with van der Waals surface area (Å²) in [4.78, 5) is 9.98. The number of guanidine groups is 1. The summed E-state index contributed by atoms with van der Waals surface area (Å²) in [7, 11) is 1.77. The largest absolute Gasteiger partial charge is 0.352 e. The van der Waals surface area contributed by atoms with E-state index in [0.29, 0.717) is 13.1 Å². The SMILES string of the molecule is CCc1cnc(CNC(=NC)NCc2cnn(Cc3ccccc3)c2)s1.I. The zero-order valence-electron chi connectivity index (χ0n) is 15.6. The van der Waals surface area contributed by atoms with Crippen LogP contribution in [0.25, 0.3) is 0 Å². The summed E-state index contributed by atoms with van der Waals surface area (Å²) in [5.41, 5.74) is 2.36.